The third-order valence-corrected chi connectivity index (χ3v) is 5.32. The molecule has 6 heteroatoms. The summed E-state index contributed by atoms with van der Waals surface area (Å²) in [5.74, 6) is 2.67. The quantitative estimate of drug-likeness (QED) is 0.611. The molecule has 0 amide bonds. The highest BCUT2D eigenvalue weighted by molar-refractivity contribution is 7.17. The molecule has 0 radical (unpaired) electrons. The normalized spacial score (nSPS) is 11.5. The first-order chi connectivity index (χ1) is 11.5. The number of imidazole rings is 1. The Kier molecular flexibility index (Phi) is 3.49. The van der Waals surface area contributed by atoms with Crippen molar-refractivity contribution in [2.45, 2.75) is 27.3 Å². The minimum absolute atomic E-state index is 0.630. The van der Waals surface area contributed by atoms with Crippen molar-refractivity contribution < 1.29 is 0 Å². The van der Waals surface area contributed by atoms with E-state index in [1.54, 1.807) is 11.3 Å². The molecule has 24 heavy (non-hydrogen) atoms. The van der Waals surface area contributed by atoms with Crippen LogP contribution in [0.25, 0.3) is 21.3 Å². The standard InChI is InChI=1S/C18H19N5S/c1-10-6-5-7-13-16(10)23(4)14(22-13)8-19-17-15-11(2)9-24-18(15)21-12(3)20-17/h5-7,9H,8H2,1-4H3,(H,19,20,21). The van der Waals surface area contributed by atoms with E-state index in [-0.39, 0.29) is 0 Å². The van der Waals surface area contributed by atoms with Crippen LogP contribution in [0.4, 0.5) is 5.82 Å². The minimum atomic E-state index is 0.630. The van der Waals surface area contributed by atoms with Crippen molar-refractivity contribution in [1.82, 2.24) is 19.5 Å². The van der Waals surface area contributed by atoms with Gasteiger partial charge in [-0.25, -0.2) is 15.0 Å². The zero-order valence-corrected chi connectivity index (χ0v) is 15.0. The van der Waals surface area contributed by atoms with Gasteiger partial charge in [-0.05, 0) is 43.3 Å². The van der Waals surface area contributed by atoms with Crippen LogP contribution in [0.1, 0.15) is 22.8 Å². The van der Waals surface area contributed by atoms with Crippen LogP contribution >= 0.6 is 11.3 Å². The van der Waals surface area contributed by atoms with Gasteiger partial charge in [0.2, 0.25) is 0 Å². The number of hydrogen-bond acceptors (Lipinski definition) is 5. The second-order valence-electron chi connectivity index (χ2n) is 6.10. The summed E-state index contributed by atoms with van der Waals surface area (Å²) in [4.78, 5) is 14.9. The van der Waals surface area contributed by atoms with Crippen LogP contribution < -0.4 is 5.32 Å². The van der Waals surface area contributed by atoms with Crippen molar-refractivity contribution in [2.24, 2.45) is 7.05 Å². The van der Waals surface area contributed by atoms with E-state index in [1.807, 2.05) is 13.0 Å². The SMILES string of the molecule is Cc1nc(NCc2nc3cccc(C)c3n2C)c2c(C)csc2n1. The smallest absolute Gasteiger partial charge is 0.139 e. The fourth-order valence-corrected chi connectivity index (χ4v) is 4.12. The largest absolute Gasteiger partial charge is 0.362 e. The van der Waals surface area contributed by atoms with Crippen LogP contribution in [0.15, 0.2) is 23.6 Å². The molecule has 4 aromatic rings. The van der Waals surface area contributed by atoms with Crippen LogP contribution in [-0.2, 0) is 13.6 Å². The molecule has 3 aromatic heterocycles. The summed E-state index contributed by atoms with van der Waals surface area (Å²) in [6, 6.07) is 6.23. The summed E-state index contributed by atoms with van der Waals surface area (Å²) in [5, 5.41) is 6.70. The minimum Gasteiger partial charge on any atom is -0.362 e. The van der Waals surface area contributed by atoms with E-state index in [9.17, 15) is 0 Å². The first-order valence-corrected chi connectivity index (χ1v) is 8.80. The number of benzene rings is 1. The highest BCUT2D eigenvalue weighted by atomic mass is 32.1. The summed E-state index contributed by atoms with van der Waals surface area (Å²) in [5.41, 5.74) is 4.66. The second-order valence-corrected chi connectivity index (χ2v) is 6.96. The van der Waals surface area contributed by atoms with Crippen LogP contribution in [0.2, 0.25) is 0 Å². The van der Waals surface area contributed by atoms with Gasteiger partial charge in [0.1, 0.15) is 22.3 Å². The molecule has 4 rings (SSSR count). The molecule has 0 aliphatic heterocycles. The lowest BCUT2D eigenvalue weighted by molar-refractivity contribution is 0.830. The van der Waals surface area contributed by atoms with Gasteiger partial charge in [0.25, 0.3) is 0 Å². The van der Waals surface area contributed by atoms with E-state index in [4.69, 9.17) is 4.98 Å². The molecule has 0 unspecified atom stereocenters. The summed E-state index contributed by atoms with van der Waals surface area (Å²) >= 11 is 1.66. The van der Waals surface area contributed by atoms with Gasteiger partial charge in [-0.2, -0.15) is 0 Å². The average Bonchev–Trinajstić information content (AvgIpc) is 3.07. The number of aryl methyl sites for hydroxylation is 4. The molecule has 0 spiro atoms. The van der Waals surface area contributed by atoms with Gasteiger partial charge in [-0.15, -0.1) is 11.3 Å². The maximum Gasteiger partial charge on any atom is 0.139 e. The zero-order chi connectivity index (χ0) is 16.8. The van der Waals surface area contributed by atoms with Crippen molar-refractivity contribution >= 4 is 38.4 Å². The lowest BCUT2D eigenvalue weighted by Gasteiger charge is -2.09. The molecule has 0 aliphatic rings. The Hall–Kier alpha value is -2.47. The van der Waals surface area contributed by atoms with E-state index >= 15 is 0 Å². The molecule has 1 N–H and O–H groups in total. The van der Waals surface area contributed by atoms with Gasteiger partial charge < -0.3 is 9.88 Å². The summed E-state index contributed by atoms with van der Waals surface area (Å²) in [6.45, 7) is 6.78. The predicted molar refractivity (Wildman–Crippen MR) is 99.7 cm³/mol. The topological polar surface area (TPSA) is 55.6 Å². The Morgan fingerprint density at radius 2 is 1.92 bits per heavy atom. The number of anilines is 1. The number of nitrogens with zero attached hydrogens (tertiary/aromatic N) is 4. The Balaban J connectivity index is 1.72. The number of aromatic nitrogens is 4. The lowest BCUT2D eigenvalue weighted by atomic mass is 10.2. The number of rotatable bonds is 3. The first-order valence-electron chi connectivity index (χ1n) is 7.92. The Labute approximate surface area is 144 Å². The molecule has 0 bridgehead atoms. The first kappa shape index (κ1) is 15.1. The molecule has 0 aliphatic carbocycles. The molecule has 0 saturated heterocycles. The van der Waals surface area contributed by atoms with E-state index < -0.39 is 0 Å². The van der Waals surface area contributed by atoms with Crippen molar-refractivity contribution in [3.8, 4) is 0 Å². The zero-order valence-electron chi connectivity index (χ0n) is 14.2. The number of thiophene rings is 1. The monoisotopic (exact) mass is 337 g/mol. The van der Waals surface area contributed by atoms with Gasteiger partial charge in [0.15, 0.2) is 0 Å². The number of nitrogens with one attached hydrogen (secondary N) is 1. The van der Waals surface area contributed by atoms with E-state index in [0.29, 0.717) is 6.54 Å². The second kappa shape index (κ2) is 5.56. The molecule has 0 saturated carbocycles. The lowest BCUT2D eigenvalue weighted by Crippen LogP contribution is -2.08. The van der Waals surface area contributed by atoms with Crippen molar-refractivity contribution in [3.05, 3.63) is 46.4 Å². The molecule has 5 nitrogen and oxygen atoms in total. The molecule has 3 heterocycles. The molecule has 0 fully saturated rings. The van der Waals surface area contributed by atoms with E-state index in [1.165, 1.54) is 16.6 Å². The Morgan fingerprint density at radius 3 is 2.71 bits per heavy atom. The third-order valence-electron chi connectivity index (χ3n) is 4.33. The van der Waals surface area contributed by atoms with Gasteiger partial charge in [-0.1, -0.05) is 12.1 Å². The third kappa shape index (κ3) is 2.34. The van der Waals surface area contributed by atoms with E-state index in [2.05, 4.69) is 58.3 Å². The van der Waals surface area contributed by atoms with E-state index in [0.717, 1.165) is 33.2 Å². The molecular weight excluding hydrogens is 318 g/mol. The van der Waals surface area contributed by atoms with Gasteiger partial charge in [0, 0.05) is 7.05 Å². The van der Waals surface area contributed by atoms with Gasteiger partial charge in [-0.3, -0.25) is 0 Å². The molecule has 122 valence electrons. The maximum absolute atomic E-state index is 4.76. The maximum atomic E-state index is 4.76. The van der Waals surface area contributed by atoms with Crippen LogP contribution in [0.3, 0.4) is 0 Å². The van der Waals surface area contributed by atoms with Crippen molar-refractivity contribution in [2.75, 3.05) is 5.32 Å². The number of hydrogen-bond donors (Lipinski definition) is 1. The van der Waals surface area contributed by atoms with Crippen LogP contribution in [0, 0.1) is 20.8 Å². The summed E-state index contributed by atoms with van der Waals surface area (Å²) in [7, 11) is 2.07. The summed E-state index contributed by atoms with van der Waals surface area (Å²) in [6.07, 6.45) is 0. The van der Waals surface area contributed by atoms with Gasteiger partial charge in [0.05, 0.1) is 23.0 Å². The van der Waals surface area contributed by atoms with Crippen molar-refractivity contribution in [3.63, 3.8) is 0 Å². The predicted octanol–water partition coefficient (Wildman–Crippen LogP) is 4.12. The summed E-state index contributed by atoms with van der Waals surface area (Å²) < 4.78 is 2.16. The highest BCUT2D eigenvalue weighted by Gasteiger charge is 2.13. The molecule has 1 aromatic carbocycles. The fourth-order valence-electron chi connectivity index (χ4n) is 3.15. The highest BCUT2D eigenvalue weighted by Crippen LogP contribution is 2.29. The van der Waals surface area contributed by atoms with Crippen LogP contribution in [0.5, 0.6) is 0 Å². The van der Waals surface area contributed by atoms with Crippen molar-refractivity contribution in [1.29, 1.82) is 0 Å². The number of para-hydroxylation sites is 1. The fraction of sp³-hybridized carbons (Fsp3) is 0.278. The Bertz CT molecular complexity index is 1060. The molecular formula is C18H19N5S. The number of fused-ring (bicyclic) bond motifs is 2. The molecule has 0 atom stereocenters. The Morgan fingerprint density at radius 1 is 1.08 bits per heavy atom. The van der Waals surface area contributed by atoms with Crippen LogP contribution in [-0.4, -0.2) is 19.5 Å². The average molecular weight is 337 g/mol. The van der Waals surface area contributed by atoms with Gasteiger partial charge >= 0.3 is 0 Å².